The molecule has 0 amide bonds. The Morgan fingerprint density at radius 2 is 1.86 bits per heavy atom. The summed E-state index contributed by atoms with van der Waals surface area (Å²) in [6, 6.07) is 15.9. The number of hydrogen-bond donors (Lipinski definition) is 2. The summed E-state index contributed by atoms with van der Waals surface area (Å²) in [7, 11) is 0. The molecule has 2 N–H and O–H groups in total. The summed E-state index contributed by atoms with van der Waals surface area (Å²) in [5.74, 6) is 0.776. The third-order valence-electron chi connectivity index (χ3n) is 3.26. The SMILES string of the molecule is OCCNCS[C@@H](Cc1cc(Cl)ccc1Cl)c1ccccc1. The molecule has 0 fully saturated rings. The van der Waals surface area contributed by atoms with Crippen LogP contribution < -0.4 is 5.32 Å². The van der Waals surface area contributed by atoms with Crippen LogP contribution in [0.3, 0.4) is 0 Å². The molecule has 0 heterocycles. The molecule has 0 saturated heterocycles. The number of nitrogens with one attached hydrogen (secondary N) is 1. The van der Waals surface area contributed by atoms with Crippen molar-refractivity contribution in [3.05, 3.63) is 69.7 Å². The van der Waals surface area contributed by atoms with Crippen LogP contribution in [0.2, 0.25) is 10.0 Å². The van der Waals surface area contributed by atoms with Gasteiger partial charge < -0.3 is 10.4 Å². The molecule has 0 unspecified atom stereocenters. The van der Waals surface area contributed by atoms with Gasteiger partial charge in [-0.05, 0) is 35.7 Å². The zero-order valence-electron chi connectivity index (χ0n) is 12.1. The Hall–Kier alpha value is -0.710. The van der Waals surface area contributed by atoms with Gasteiger partial charge in [0.25, 0.3) is 0 Å². The van der Waals surface area contributed by atoms with E-state index in [9.17, 15) is 0 Å². The van der Waals surface area contributed by atoms with E-state index in [2.05, 4.69) is 17.4 Å². The molecule has 0 aliphatic heterocycles. The predicted molar refractivity (Wildman–Crippen MR) is 96.9 cm³/mol. The van der Waals surface area contributed by atoms with E-state index >= 15 is 0 Å². The van der Waals surface area contributed by atoms with E-state index < -0.39 is 0 Å². The van der Waals surface area contributed by atoms with Crippen LogP contribution in [-0.2, 0) is 6.42 Å². The largest absolute Gasteiger partial charge is 0.395 e. The summed E-state index contributed by atoms with van der Waals surface area (Å²) in [6.45, 7) is 0.753. The minimum atomic E-state index is 0.149. The molecule has 0 radical (unpaired) electrons. The highest BCUT2D eigenvalue weighted by Gasteiger charge is 2.14. The molecule has 2 rings (SSSR count). The molecular weight excluding hydrogens is 337 g/mol. The Morgan fingerprint density at radius 3 is 2.59 bits per heavy atom. The molecule has 118 valence electrons. The van der Waals surface area contributed by atoms with Gasteiger partial charge in [-0.3, -0.25) is 0 Å². The monoisotopic (exact) mass is 355 g/mol. The predicted octanol–water partition coefficient (Wildman–Crippen LogP) is 4.55. The second-order valence-electron chi connectivity index (χ2n) is 4.87. The van der Waals surface area contributed by atoms with E-state index in [1.807, 2.05) is 30.3 Å². The third-order valence-corrected chi connectivity index (χ3v) is 5.08. The summed E-state index contributed by atoms with van der Waals surface area (Å²) in [5.41, 5.74) is 2.31. The Kier molecular flexibility index (Phi) is 7.56. The molecule has 2 nitrogen and oxygen atoms in total. The van der Waals surface area contributed by atoms with Crippen LogP contribution in [0, 0.1) is 0 Å². The normalized spacial score (nSPS) is 12.3. The molecular formula is C17H19Cl2NOS. The van der Waals surface area contributed by atoms with E-state index in [1.165, 1.54) is 5.56 Å². The lowest BCUT2D eigenvalue weighted by molar-refractivity contribution is 0.295. The highest BCUT2D eigenvalue weighted by Crippen LogP contribution is 2.34. The first-order valence-corrected chi connectivity index (χ1v) is 8.93. The van der Waals surface area contributed by atoms with Crippen LogP contribution in [-0.4, -0.2) is 24.1 Å². The quantitative estimate of drug-likeness (QED) is 0.538. The molecule has 2 aromatic carbocycles. The second-order valence-corrected chi connectivity index (χ2v) is 6.91. The standard InChI is InChI=1S/C17H19Cl2NOS/c18-15-6-7-16(19)14(10-15)11-17(22-12-20-8-9-21)13-4-2-1-3-5-13/h1-7,10,17,20-21H,8-9,11-12H2/t17-/m0/s1. The Bertz CT molecular complexity index is 580. The fourth-order valence-corrected chi connectivity index (χ4v) is 3.65. The Morgan fingerprint density at radius 1 is 1.09 bits per heavy atom. The van der Waals surface area contributed by atoms with E-state index in [1.54, 1.807) is 17.8 Å². The third kappa shape index (κ3) is 5.49. The fourth-order valence-electron chi connectivity index (χ4n) is 2.15. The van der Waals surface area contributed by atoms with Crippen molar-refractivity contribution < 1.29 is 5.11 Å². The van der Waals surface area contributed by atoms with Gasteiger partial charge in [-0.1, -0.05) is 53.5 Å². The first-order chi connectivity index (χ1) is 10.7. The maximum Gasteiger partial charge on any atom is 0.0556 e. The lowest BCUT2D eigenvalue weighted by atomic mass is 10.0. The molecule has 0 aliphatic rings. The van der Waals surface area contributed by atoms with Crippen molar-refractivity contribution in [3.8, 4) is 0 Å². The number of rotatable bonds is 8. The average molecular weight is 356 g/mol. The number of aliphatic hydroxyl groups excluding tert-OH is 1. The Balaban J connectivity index is 2.11. The molecule has 0 spiro atoms. The number of thioether (sulfide) groups is 1. The van der Waals surface area contributed by atoms with Gasteiger partial charge in [0.2, 0.25) is 0 Å². The van der Waals surface area contributed by atoms with Gasteiger partial charge >= 0.3 is 0 Å². The van der Waals surface area contributed by atoms with Crippen molar-refractivity contribution >= 4 is 35.0 Å². The molecule has 0 saturated carbocycles. The first-order valence-electron chi connectivity index (χ1n) is 7.12. The average Bonchev–Trinajstić information content (AvgIpc) is 2.54. The van der Waals surface area contributed by atoms with E-state index in [-0.39, 0.29) is 11.9 Å². The van der Waals surface area contributed by atoms with Crippen LogP contribution >= 0.6 is 35.0 Å². The van der Waals surface area contributed by atoms with Crippen LogP contribution in [0.25, 0.3) is 0 Å². The summed E-state index contributed by atoms with van der Waals surface area (Å²) >= 11 is 14.2. The number of benzene rings is 2. The van der Waals surface area contributed by atoms with Crippen LogP contribution in [0.4, 0.5) is 0 Å². The lowest BCUT2D eigenvalue weighted by Gasteiger charge is -2.18. The highest BCUT2D eigenvalue weighted by molar-refractivity contribution is 7.99. The molecule has 2 aromatic rings. The zero-order chi connectivity index (χ0) is 15.8. The van der Waals surface area contributed by atoms with Gasteiger partial charge in [-0.25, -0.2) is 0 Å². The van der Waals surface area contributed by atoms with E-state index in [0.29, 0.717) is 11.6 Å². The summed E-state index contributed by atoms with van der Waals surface area (Å²) in [4.78, 5) is 0. The van der Waals surface area contributed by atoms with E-state index in [4.69, 9.17) is 28.3 Å². The topological polar surface area (TPSA) is 32.3 Å². The maximum absolute atomic E-state index is 8.85. The van der Waals surface area contributed by atoms with Gasteiger partial charge in [0.15, 0.2) is 0 Å². The molecule has 0 bridgehead atoms. The Labute approximate surface area is 145 Å². The van der Waals surface area contributed by atoms with Crippen molar-refractivity contribution in [3.63, 3.8) is 0 Å². The van der Waals surface area contributed by atoms with Gasteiger partial charge in [-0.2, -0.15) is 0 Å². The molecule has 0 aliphatic carbocycles. The van der Waals surface area contributed by atoms with Crippen LogP contribution in [0.5, 0.6) is 0 Å². The number of aliphatic hydroxyl groups is 1. The molecule has 22 heavy (non-hydrogen) atoms. The lowest BCUT2D eigenvalue weighted by Crippen LogP contribution is -2.18. The fraction of sp³-hybridized carbons (Fsp3) is 0.294. The van der Waals surface area contributed by atoms with Gasteiger partial charge in [0.05, 0.1) is 6.61 Å². The number of halogens is 2. The van der Waals surface area contributed by atoms with Crippen molar-refractivity contribution in [1.82, 2.24) is 5.32 Å². The maximum atomic E-state index is 8.85. The van der Waals surface area contributed by atoms with Crippen LogP contribution in [0.1, 0.15) is 16.4 Å². The molecule has 5 heteroatoms. The zero-order valence-corrected chi connectivity index (χ0v) is 14.5. The summed E-state index contributed by atoms with van der Waals surface area (Å²) in [5, 5.41) is 13.8. The molecule has 0 aromatic heterocycles. The minimum absolute atomic E-state index is 0.149. The van der Waals surface area contributed by atoms with Crippen molar-refractivity contribution in [2.45, 2.75) is 11.7 Å². The van der Waals surface area contributed by atoms with Crippen LogP contribution in [0.15, 0.2) is 48.5 Å². The first kappa shape index (κ1) is 17.6. The summed E-state index contributed by atoms with van der Waals surface area (Å²) < 4.78 is 0. The molecule has 1 atom stereocenters. The highest BCUT2D eigenvalue weighted by atomic mass is 35.5. The summed E-state index contributed by atoms with van der Waals surface area (Å²) in [6.07, 6.45) is 0.814. The van der Waals surface area contributed by atoms with E-state index in [0.717, 1.165) is 22.9 Å². The van der Waals surface area contributed by atoms with Gasteiger partial charge in [-0.15, -0.1) is 11.8 Å². The van der Waals surface area contributed by atoms with Gasteiger partial charge in [0.1, 0.15) is 0 Å². The van der Waals surface area contributed by atoms with Crippen molar-refractivity contribution in [2.24, 2.45) is 0 Å². The minimum Gasteiger partial charge on any atom is -0.395 e. The smallest absolute Gasteiger partial charge is 0.0556 e. The second kappa shape index (κ2) is 9.43. The van der Waals surface area contributed by atoms with Crippen molar-refractivity contribution in [1.29, 1.82) is 0 Å². The number of hydrogen-bond acceptors (Lipinski definition) is 3. The van der Waals surface area contributed by atoms with Gasteiger partial charge in [0, 0.05) is 27.7 Å². The van der Waals surface area contributed by atoms with Crippen molar-refractivity contribution in [2.75, 3.05) is 19.0 Å².